The number of carbonyl (C=O) groups is 3. The number of nitrogens with zero attached hydrogens (tertiary/aromatic N) is 1. The van der Waals surface area contributed by atoms with Crippen LogP contribution in [0.5, 0.6) is 0 Å². The second-order valence-corrected chi connectivity index (χ2v) is 7.79. The van der Waals surface area contributed by atoms with Gasteiger partial charge in [-0.15, -0.1) is 0 Å². The minimum Gasteiger partial charge on any atom is -0.467 e. The Morgan fingerprint density at radius 1 is 1.20 bits per heavy atom. The summed E-state index contributed by atoms with van der Waals surface area (Å²) >= 11 is 0. The fourth-order valence-electron chi connectivity index (χ4n) is 4.42. The molecule has 4 amide bonds. The highest BCUT2D eigenvalue weighted by atomic mass is 16.3. The summed E-state index contributed by atoms with van der Waals surface area (Å²) in [7, 11) is 0. The van der Waals surface area contributed by atoms with E-state index in [9.17, 15) is 14.4 Å². The van der Waals surface area contributed by atoms with Crippen LogP contribution < -0.4 is 10.6 Å². The highest BCUT2D eigenvalue weighted by molar-refractivity contribution is 6.05. The maximum atomic E-state index is 12.7. The van der Waals surface area contributed by atoms with Crippen molar-refractivity contribution in [3.05, 3.63) is 59.7 Å². The van der Waals surface area contributed by atoms with E-state index in [1.165, 1.54) is 17.2 Å². The van der Waals surface area contributed by atoms with Gasteiger partial charge in [0.1, 0.15) is 11.8 Å². The summed E-state index contributed by atoms with van der Waals surface area (Å²) in [5.74, 6) is -0.163. The molecule has 2 aromatic heterocycles. The first-order valence-corrected chi connectivity index (χ1v) is 10.1. The van der Waals surface area contributed by atoms with Crippen LogP contribution in [0.15, 0.2) is 47.1 Å². The molecule has 8 nitrogen and oxygen atoms in total. The molecule has 0 spiro atoms. The fourth-order valence-corrected chi connectivity index (χ4v) is 4.42. The van der Waals surface area contributed by atoms with Gasteiger partial charge in [0.05, 0.1) is 25.3 Å². The molecule has 8 heteroatoms. The lowest BCUT2D eigenvalue weighted by Crippen LogP contribution is -2.38. The molecule has 3 aromatic rings. The van der Waals surface area contributed by atoms with Crippen molar-refractivity contribution >= 4 is 28.7 Å². The van der Waals surface area contributed by atoms with Crippen molar-refractivity contribution in [3.8, 4) is 0 Å². The number of furan rings is 1. The third-order valence-electron chi connectivity index (χ3n) is 5.84. The Hall–Kier alpha value is -3.55. The summed E-state index contributed by atoms with van der Waals surface area (Å²) in [4.78, 5) is 42.0. The molecule has 2 atom stereocenters. The molecule has 0 unspecified atom stereocenters. The Morgan fingerprint density at radius 2 is 2.07 bits per heavy atom. The van der Waals surface area contributed by atoms with Crippen molar-refractivity contribution in [1.29, 1.82) is 0 Å². The summed E-state index contributed by atoms with van der Waals surface area (Å²) in [5, 5.41) is 6.84. The van der Waals surface area contributed by atoms with E-state index in [2.05, 4.69) is 21.7 Å². The Labute approximate surface area is 172 Å². The maximum absolute atomic E-state index is 12.7. The number of aryl methyl sites for hydroxylation is 1. The van der Waals surface area contributed by atoms with Crippen molar-refractivity contribution in [3.63, 3.8) is 0 Å². The van der Waals surface area contributed by atoms with Crippen LogP contribution in [0.25, 0.3) is 10.9 Å². The van der Waals surface area contributed by atoms with Gasteiger partial charge in [-0.1, -0.05) is 18.2 Å². The molecule has 154 valence electrons. The minimum absolute atomic E-state index is 0.0524. The van der Waals surface area contributed by atoms with Crippen LogP contribution in [0.4, 0.5) is 4.79 Å². The van der Waals surface area contributed by atoms with Crippen molar-refractivity contribution < 1.29 is 18.8 Å². The molecule has 1 aliphatic heterocycles. The number of benzene rings is 1. The summed E-state index contributed by atoms with van der Waals surface area (Å²) in [5.41, 5.74) is 3.35. The number of hydrogen-bond acceptors (Lipinski definition) is 4. The standard InChI is InChI=1S/C22H22N4O4/c27-19(11-18-21(28)26(22(29)25-18)12-13-5-4-10-30-13)23-17-9-3-7-15-14-6-1-2-8-16(14)24-20(15)17/h1-2,4-6,8,10,17-18,24H,3,7,9,11-12H2,(H,23,27)(H,25,29)/t17-,18-/m1/s1. The predicted molar refractivity (Wildman–Crippen MR) is 108 cm³/mol. The van der Waals surface area contributed by atoms with Crippen LogP contribution in [0.3, 0.4) is 0 Å². The van der Waals surface area contributed by atoms with E-state index in [1.807, 2.05) is 18.2 Å². The number of amides is 4. The van der Waals surface area contributed by atoms with Crippen LogP contribution >= 0.6 is 0 Å². The predicted octanol–water partition coefficient (Wildman–Crippen LogP) is 2.77. The van der Waals surface area contributed by atoms with Crippen molar-refractivity contribution in [2.45, 2.75) is 44.3 Å². The second kappa shape index (κ2) is 7.37. The number of para-hydroxylation sites is 1. The number of urea groups is 1. The Balaban J connectivity index is 1.26. The number of rotatable bonds is 5. The molecule has 1 aromatic carbocycles. The maximum Gasteiger partial charge on any atom is 0.325 e. The molecular weight excluding hydrogens is 384 g/mol. The van der Waals surface area contributed by atoms with Gasteiger partial charge in [0.2, 0.25) is 5.91 Å². The average molecular weight is 406 g/mol. The summed E-state index contributed by atoms with van der Waals surface area (Å²) in [6.07, 6.45) is 4.19. The van der Waals surface area contributed by atoms with Crippen LogP contribution in [0, 0.1) is 0 Å². The third kappa shape index (κ3) is 3.24. The van der Waals surface area contributed by atoms with E-state index in [1.54, 1.807) is 12.1 Å². The van der Waals surface area contributed by atoms with Gasteiger partial charge in [-0.3, -0.25) is 14.5 Å². The van der Waals surface area contributed by atoms with E-state index in [0.29, 0.717) is 5.76 Å². The number of imide groups is 1. The van der Waals surface area contributed by atoms with Gasteiger partial charge in [-0.2, -0.15) is 0 Å². The molecule has 3 N–H and O–H groups in total. The number of H-pyrrole nitrogens is 1. The quantitative estimate of drug-likeness (QED) is 0.566. The summed E-state index contributed by atoms with van der Waals surface area (Å²) in [6, 6.07) is 10.0. The fraction of sp³-hybridized carbons (Fsp3) is 0.318. The molecule has 0 radical (unpaired) electrons. The van der Waals surface area contributed by atoms with Gasteiger partial charge in [0.25, 0.3) is 5.91 Å². The molecular formula is C22H22N4O4. The Bertz CT molecular complexity index is 1120. The van der Waals surface area contributed by atoms with Crippen LogP contribution in [0.1, 0.15) is 42.3 Å². The molecule has 30 heavy (non-hydrogen) atoms. The van der Waals surface area contributed by atoms with E-state index in [-0.39, 0.29) is 24.9 Å². The first kappa shape index (κ1) is 18.5. The Kier molecular flexibility index (Phi) is 4.54. The normalized spacial score (nSPS) is 21.0. The summed E-state index contributed by atoms with van der Waals surface area (Å²) < 4.78 is 5.21. The topological polar surface area (TPSA) is 107 Å². The smallest absolute Gasteiger partial charge is 0.325 e. The number of nitrogens with one attached hydrogen (secondary N) is 3. The van der Waals surface area contributed by atoms with Crippen molar-refractivity contribution in [1.82, 2.24) is 20.5 Å². The lowest BCUT2D eigenvalue weighted by molar-refractivity contribution is -0.131. The van der Waals surface area contributed by atoms with E-state index in [0.717, 1.165) is 35.4 Å². The average Bonchev–Trinajstić information content (AvgIpc) is 3.44. The summed E-state index contributed by atoms with van der Waals surface area (Å²) in [6.45, 7) is 0.0524. The van der Waals surface area contributed by atoms with E-state index < -0.39 is 18.0 Å². The SMILES string of the molecule is O=C(C[C@H]1NC(=O)N(Cc2ccco2)C1=O)N[C@@H]1CCCc2c1[nH]c1ccccc21. The van der Waals surface area contributed by atoms with Gasteiger partial charge in [0, 0.05) is 16.6 Å². The molecule has 1 fully saturated rings. The molecule has 2 aliphatic rings. The van der Waals surface area contributed by atoms with Crippen molar-refractivity contribution in [2.75, 3.05) is 0 Å². The first-order chi connectivity index (χ1) is 14.6. The second-order valence-electron chi connectivity index (χ2n) is 7.79. The molecule has 5 rings (SSSR count). The van der Waals surface area contributed by atoms with E-state index in [4.69, 9.17) is 4.42 Å². The lowest BCUT2D eigenvalue weighted by atomic mass is 9.91. The zero-order valence-corrected chi connectivity index (χ0v) is 16.3. The Morgan fingerprint density at radius 3 is 2.90 bits per heavy atom. The molecule has 1 saturated heterocycles. The van der Waals surface area contributed by atoms with Gasteiger partial charge in [-0.25, -0.2) is 4.79 Å². The molecule has 0 saturated carbocycles. The third-order valence-corrected chi connectivity index (χ3v) is 5.84. The van der Waals surface area contributed by atoms with Gasteiger partial charge in [-0.05, 0) is 43.0 Å². The van der Waals surface area contributed by atoms with Gasteiger partial charge >= 0.3 is 6.03 Å². The largest absolute Gasteiger partial charge is 0.467 e. The number of carbonyl (C=O) groups excluding carboxylic acids is 3. The number of fused-ring (bicyclic) bond motifs is 3. The molecule has 0 bridgehead atoms. The van der Waals surface area contributed by atoms with Crippen LogP contribution in [-0.4, -0.2) is 33.8 Å². The monoisotopic (exact) mass is 406 g/mol. The van der Waals surface area contributed by atoms with Crippen LogP contribution in [-0.2, 0) is 22.6 Å². The highest BCUT2D eigenvalue weighted by Crippen LogP contribution is 2.34. The van der Waals surface area contributed by atoms with Gasteiger partial charge in [0.15, 0.2) is 0 Å². The highest BCUT2D eigenvalue weighted by Gasteiger charge is 2.39. The number of hydrogen-bond donors (Lipinski definition) is 3. The number of aromatic nitrogens is 1. The molecule has 3 heterocycles. The number of aromatic amines is 1. The van der Waals surface area contributed by atoms with Crippen molar-refractivity contribution in [2.24, 2.45) is 0 Å². The first-order valence-electron chi connectivity index (χ1n) is 10.1. The van der Waals surface area contributed by atoms with E-state index >= 15 is 0 Å². The zero-order valence-electron chi connectivity index (χ0n) is 16.3. The minimum atomic E-state index is -0.863. The van der Waals surface area contributed by atoms with Crippen LogP contribution in [0.2, 0.25) is 0 Å². The van der Waals surface area contributed by atoms with Gasteiger partial charge < -0.3 is 20.0 Å². The zero-order chi connectivity index (χ0) is 20.7. The lowest BCUT2D eigenvalue weighted by Gasteiger charge is -2.24. The molecule has 1 aliphatic carbocycles.